The Balaban J connectivity index is 2.19. The first-order valence-corrected chi connectivity index (χ1v) is 10.8. The maximum Gasteiger partial charge on any atom is 0.200 e. The van der Waals surface area contributed by atoms with Crippen molar-refractivity contribution in [1.82, 2.24) is 0 Å². The van der Waals surface area contributed by atoms with E-state index >= 15 is 0 Å². The first-order chi connectivity index (χ1) is 15.7. The summed E-state index contributed by atoms with van der Waals surface area (Å²) in [5.74, 6) is 0.888. The Morgan fingerprint density at radius 1 is 1.03 bits per heavy atom. The minimum absolute atomic E-state index is 0.0367. The SMILES string of the molecule is COc1ccc(-c2oc3cc(O)cc(O)c3c(=O)c2C/C=C(\C)CCC=C(C)C)c(OC)c1. The van der Waals surface area contributed by atoms with Crippen LogP contribution in [0.1, 0.15) is 39.2 Å². The van der Waals surface area contributed by atoms with Gasteiger partial charge in [-0.2, -0.15) is 0 Å². The summed E-state index contributed by atoms with van der Waals surface area (Å²) >= 11 is 0. The van der Waals surface area contributed by atoms with Crippen molar-refractivity contribution in [2.75, 3.05) is 14.2 Å². The number of aromatic hydroxyl groups is 2. The largest absolute Gasteiger partial charge is 0.508 e. The fraction of sp³-hybridized carbons (Fsp3) is 0.296. The van der Waals surface area contributed by atoms with Crippen LogP contribution in [0.15, 0.2) is 62.8 Å². The van der Waals surface area contributed by atoms with Crippen LogP contribution < -0.4 is 14.9 Å². The van der Waals surface area contributed by atoms with E-state index < -0.39 is 0 Å². The molecule has 1 aromatic heterocycles. The zero-order valence-corrected chi connectivity index (χ0v) is 19.7. The zero-order chi connectivity index (χ0) is 24.1. The van der Waals surface area contributed by atoms with Crippen molar-refractivity contribution in [2.45, 2.75) is 40.0 Å². The number of ether oxygens (including phenoxy) is 2. The number of hydrogen-bond donors (Lipinski definition) is 2. The Morgan fingerprint density at radius 2 is 1.79 bits per heavy atom. The Kier molecular flexibility index (Phi) is 7.48. The average Bonchev–Trinajstić information content (AvgIpc) is 2.76. The monoisotopic (exact) mass is 450 g/mol. The summed E-state index contributed by atoms with van der Waals surface area (Å²) in [6.07, 6.45) is 6.32. The van der Waals surface area contributed by atoms with Crippen molar-refractivity contribution >= 4 is 11.0 Å². The second-order valence-electron chi connectivity index (χ2n) is 8.22. The first-order valence-electron chi connectivity index (χ1n) is 10.8. The number of phenols is 2. The van der Waals surface area contributed by atoms with Gasteiger partial charge in [0.25, 0.3) is 0 Å². The minimum Gasteiger partial charge on any atom is -0.508 e. The maximum absolute atomic E-state index is 13.5. The molecule has 0 atom stereocenters. The molecule has 2 aromatic carbocycles. The molecule has 0 fully saturated rings. The molecule has 0 aliphatic heterocycles. The fourth-order valence-electron chi connectivity index (χ4n) is 3.68. The van der Waals surface area contributed by atoms with Gasteiger partial charge in [0.1, 0.15) is 39.7 Å². The highest BCUT2D eigenvalue weighted by atomic mass is 16.5. The molecule has 0 bridgehead atoms. The van der Waals surface area contributed by atoms with Gasteiger partial charge in [0.15, 0.2) is 0 Å². The topological polar surface area (TPSA) is 89.1 Å². The van der Waals surface area contributed by atoms with E-state index in [1.54, 1.807) is 25.3 Å². The lowest BCUT2D eigenvalue weighted by molar-refractivity contribution is 0.394. The molecule has 0 amide bonds. The van der Waals surface area contributed by atoms with E-state index in [2.05, 4.69) is 19.9 Å². The van der Waals surface area contributed by atoms with Gasteiger partial charge in [-0.1, -0.05) is 23.3 Å². The smallest absolute Gasteiger partial charge is 0.200 e. The Bertz CT molecular complexity index is 1280. The van der Waals surface area contributed by atoms with Gasteiger partial charge in [-0.05, 0) is 52.2 Å². The van der Waals surface area contributed by atoms with Gasteiger partial charge in [-0.3, -0.25) is 4.79 Å². The highest BCUT2D eigenvalue weighted by molar-refractivity contribution is 5.87. The first kappa shape index (κ1) is 24.0. The summed E-state index contributed by atoms with van der Waals surface area (Å²) in [5.41, 5.74) is 3.13. The molecular weight excluding hydrogens is 420 g/mol. The normalized spacial score (nSPS) is 11.5. The molecule has 1 heterocycles. The van der Waals surface area contributed by atoms with Crippen LogP contribution in [-0.4, -0.2) is 24.4 Å². The Morgan fingerprint density at radius 3 is 2.45 bits per heavy atom. The van der Waals surface area contributed by atoms with Gasteiger partial charge in [0.2, 0.25) is 5.43 Å². The van der Waals surface area contributed by atoms with Crippen LogP contribution in [0.25, 0.3) is 22.3 Å². The molecule has 0 spiro atoms. The lowest BCUT2D eigenvalue weighted by Gasteiger charge is -2.14. The van der Waals surface area contributed by atoms with Gasteiger partial charge in [0.05, 0.1) is 19.8 Å². The summed E-state index contributed by atoms with van der Waals surface area (Å²) in [7, 11) is 3.09. The van der Waals surface area contributed by atoms with Gasteiger partial charge < -0.3 is 24.1 Å². The van der Waals surface area contributed by atoms with Crippen LogP contribution in [0.2, 0.25) is 0 Å². The molecule has 33 heavy (non-hydrogen) atoms. The molecule has 2 N–H and O–H groups in total. The molecule has 0 aliphatic rings. The van der Waals surface area contributed by atoms with E-state index in [1.807, 2.05) is 13.0 Å². The number of fused-ring (bicyclic) bond motifs is 1. The van der Waals surface area contributed by atoms with E-state index in [1.165, 1.54) is 18.7 Å². The van der Waals surface area contributed by atoms with Crippen LogP contribution in [0.5, 0.6) is 23.0 Å². The predicted octanol–water partition coefficient (Wildman–Crippen LogP) is 6.12. The van der Waals surface area contributed by atoms with Crippen LogP contribution in [0.4, 0.5) is 0 Å². The third kappa shape index (κ3) is 5.40. The predicted molar refractivity (Wildman–Crippen MR) is 130 cm³/mol. The molecule has 0 unspecified atom stereocenters. The molecule has 6 heteroatoms. The van der Waals surface area contributed by atoms with Crippen molar-refractivity contribution < 1.29 is 24.1 Å². The second kappa shape index (κ2) is 10.3. The standard InChI is InChI=1S/C27H30O6/c1-16(2)7-6-8-17(3)9-11-21-26(30)25-22(29)13-18(28)14-24(25)33-27(21)20-12-10-19(31-4)15-23(20)32-5/h7,9-10,12-15,28-29H,6,8,11H2,1-5H3/b17-9+. The molecule has 3 rings (SSSR count). The lowest BCUT2D eigenvalue weighted by Crippen LogP contribution is -2.11. The van der Waals surface area contributed by atoms with E-state index in [0.717, 1.165) is 24.5 Å². The number of hydrogen-bond acceptors (Lipinski definition) is 6. The van der Waals surface area contributed by atoms with Crippen molar-refractivity contribution in [3.8, 4) is 34.3 Å². The Labute approximate surface area is 193 Å². The molecular formula is C27H30O6. The minimum atomic E-state index is -0.352. The van der Waals surface area contributed by atoms with Crippen LogP contribution in [0.3, 0.4) is 0 Å². The van der Waals surface area contributed by atoms with Gasteiger partial charge in [-0.15, -0.1) is 0 Å². The van der Waals surface area contributed by atoms with Gasteiger partial charge >= 0.3 is 0 Å². The van der Waals surface area contributed by atoms with E-state index in [4.69, 9.17) is 13.9 Å². The fourth-order valence-corrected chi connectivity index (χ4v) is 3.68. The lowest BCUT2D eigenvalue weighted by atomic mass is 9.99. The summed E-state index contributed by atoms with van der Waals surface area (Å²) in [6, 6.07) is 7.69. The third-order valence-corrected chi connectivity index (χ3v) is 5.45. The molecule has 6 nitrogen and oxygen atoms in total. The van der Waals surface area contributed by atoms with Crippen LogP contribution in [0, 0.1) is 0 Å². The van der Waals surface area contributed by atoms with Crippen molar-refractivity contribution in [3.63, 3.8) is 0 Å². The highest BCUT2D eigenvalue weighted by Crippen LogP contribution is 2.38. The number of allylic oxidation sites excluding steroid dienone is 4. The second-order valence-corrected chi connectivity index (χ2v) is 8.22. The summed E-state index contributed by atoms with van der Waals surface area (Å²) in [4.78, 5) is 13.5. The quantitative estimate of drug-likeness (QED) is 0.402. The van der Waals surface area contributed by atoms with Crippen molar-refractivity contribution in [1.29, 1.82) is 0 Å². The third-order valence-electron chi connectivity index (χ3n) is 5.45. The maximum atomic E-state index is 13.5. The Hall–Kier alpha value is -3.67. The van der Waals surface area contributed by atoms with Crippen molar-refractivity contribution in [3.05, 3.63) is 69.4 Å². The van der Waals surface area contributed by atoms with E-state index in [0.29, 0.717) is 34.8 Å². The highest BCUT2D eigenvalue weighted by Gasteiger charge is 2.21. The molecule has 3 aromatic rings. The number of benzene rings is 2. The molecule has 174 valence electrons. The average molecular weight is 451 g/mol. The van der Waals surface area contributed by atoms with Gasteiger partial charge in [0, 0.05) is 23.8 Å². The van der Waals surface area contributed by atoms with Crippen molar-refractivity contribution in [2.24, 2.45) is 0 Å². The number of methoxy groups -OCH3 is 2. The summed E-state index contributed by atoms with van der Waals surface area (Å²) < 4.78 is 16.9. The van der Waals surface area contributed by atoms with E-state index in [9.17, 15) is 15.0 Å². The number of rotatable bonds is 8. The summed E-state index contributed by atoms with van der Waals surface area (Å²) in [6.45, 7) is 6.17. The van der Waals surface area contributed by atoms with Crippen LogP contribution in [-0.2, 0) is 6.42 Å². The van der Waals surface area contributed by atoms with Gasteiger partial charge in [-0.25, -0.2) is 0 Å². The molecule has 0 aliphatic carbocycles. The molecule has 0 saturated heterocycles. The number of phenolic OH excluding ortho intramolecular Hbond substituents is 2. The molecule has 0 radical (unpaired) electrons. The zero-order valence-electron chi connectivity index (χ0n) is 19.7. The van der Waals surface area contributed by atoms with E-state index in [-0.39, 0.29) is 27.9 Å². The summed E-state index contributed by atoms with van der Waals surface area (Å²) in [5, 5.41) is 20.3. The molecule has 0 saturated carbocycles. The van der Waals surface area contributed by atoms with Crippen LogP contribution >= 0.6 is 0 Å².